The minimum atomic E-state index is 0. The topological polar surface area (TPSA) is 12.9 Å². The number of hydrogen-bond acceptors (Lipinski definition) is 1. The van der Waals surface area contributed by atoms with Crippen molar-refractivity contribution in [2.75, 3.05) is 0 Å². The molecule has 0 fully saturated rings. The first-order valence-electron chi connectivity index (χ1n) is 2.85. The zero-order valence-corrected chi connectivity index (χ0v) is 9.06. The van der Waals surface area contributed by atoms with Gasteiger partial charge in [0.05, 0.1) is 0 Å². The van der Waals surface area contributed by atoms with E-state index in [1.54, 1.807) is 6.20 Å². The van der Waals surface area contributed by atoms with E-state index in [1.807, 2.05) is 31.2 Å². The van der Waals surface area contributed by atoms with E-state index in [1.165, 1.54) is 0 Å². The Morgan fingerprint density at radius 3 is 2.50 bits per heavy atom. The predicted octanol–water partition coefficient (Wildman–Crippen LogP) is 3.00. The summed E-state index contributed by atoms with van der Waals surface area (Å²) in [5.41, 5.74) is 0.958. The molecular formula is C10H15IrN-2. The molecular weight excluding hydrogens is 326 g/mol. The van der Waals surface area contributed by atoms with Crippen LogP contribution >= 0.6 is 0 Å². The molecule has 0 saturated carbocycles. The maximum absolute atomic E-state index is 4.05. The van der Waals surface area contributed by atoms with Gasteiger partial charge >= 0.3 is 0 Å². The van der Waals surface area contributed by atoms with Gasteiger partial charge < -0.3 is 12.4 Å². The molecule has 0 spiro atoms. The molecule has 1 aromatic heterocycles. The van der Waals surface area contributed by atoms with Crippen LogP contribution in [0.3, 0.4) is 0 Å². The van der Waals surface area contributed by atoms with E-state index in [2.05, 4.69) is 11.1 Å². The van der Waals surface area contributed by atoms with Crippen LogP contribution < -0.4 is 0 Å². The van der Waals surface area contributed by atoms with Crippen LogP contribution in [0.15, 0.2) is 24.4 Å². The molecule has 0 saturated heterocycles. The Balaban J connectivity index is -0.000000270. The van der Waals surface area contributed by atoms with Crippen molar-refractivity contribution in [1.29, 1.82) is 0 Å². The van der Waals surface area contributed by atoms with Crippen LogP contribution in [0.5, 0.6) is 0 Å². The van der Waals surface area contributed by atoms with Crippen molar-refractivity contribution in [1.82, 2.24) is 4.98 Å². The van der Waals surface area contributed by atoms with Crippen LogP contribution in [-0.2, 0) is 20.1 Å². The van der Waals surface area contributed by atoms with Crippen LogP contribution in [0.1, 0.15) is 20.0 Å². The van der Waals surface area contributed by atoms with Gasteiger partial charge in [0, 0.05) is 26.3 Å². The Labute approximate surface area is 89.3 Å². The normalized spacial score (nSPS) is 7.75. The van der Waals surface area contributed by atoms with Gasteiger partial charge in [-0.25, -0.2) is 6.08 Å². The summed E-state index contributed by atoms with van der Waals surface area (Å²) in [5, 5.41) is 0. The summed E-state index contributed by atoms with van der Waals surface area (Å²) in [6.45, 7) is 1.86. The Morgan fingerprint density at radius 1 is 1.42 bits per heavy atom. The van der Waals surface area contributed by atoms with Crippen molar-refractivity contribution < 1.29 is 20.1 Å². The summed E-state index contributed by atoms with van der Waals surface area (Å²) < 4.78 is 0. The van der Waals surface area contributed by atoms with Gasteiger partial charge in [-0.3, -0.25) is 6.08 Å². The van der Waals surface area contributed by atoms with Gasteiger partial charge in [-0.2, -0.15) is 0 Å². The third-order valence-corrected chi connectivity index (χ3v) is 0.980. The summed E-state index contributed by atoms with van der Waals surface area (Å²) >= 11 is 0. The number of allylic oxidation sites excluding steroid dienone is 1. The number of nitrogens with zero attached hydrogens (tertiary/aromatic N) is 1. The summed E-state index contributed by atoms with van der Waals surface area (Å²) in [5.74, 6) is 0. The summed E-state index contributed by atoms with van der Waals surface area (Å²) in [7, 11) is 0. The fourth-order valence-corrected chi connectivity index (χ4v) is 0.609. The van der Waals surface area contributed by atoms with E-state index in [4.69, 9.17) is 0 Å². The second-order valence-electron chi connectivity index (χ2n) is 1.69. The molecule has 0 bridgehead atoms. The fraction of sp³-hybridized carbons (Fsp3) is 0.200. The molecule has 0 N–H and O–H groups in total. The second-order valence-corrected chi connectivity index (χ2v) is 1.69. The van der Waals surface area contributed by atoms with E-state index < -0.39 is 0 Å². The van der Waals surface area contributed by atoms with Crippen LogP contribution in [-0.4, -0.2) is 4.98 Å². The third kappa shape index (κ3) is 6.26. The van der Waals surface area contributed by atoms with Crippen LogP contribution in [0.2, 0.25) is 0 Å². The van der Waals surface area contributed by atoms with E-state index >= 15 is 0 Å². The Morgan fingerprint density at radius 2 is 2.08 bits per heavy atom. The average Bonchev–Trinajstić information content (AvgIpc) is 1.91. The molecule has 1 aromatic rings. The molecule has 0 aliphatic rings. The van der Waals surface area contributed by atoms with Crippen LogP contribution in [0, 0.1) is 13.5 Å². The Hall–Kier alpha value is -0.461. The number of pyridine rings is 1. The molecule has 71 valence electrons. The standard InChI is InChI=1S/C8H8N.CH4.CH3.Ir/c1-2-5-8-6-3-4-7-9-8;;;/h3-7H,1H3;1H4;1H3;/q-1;;-1;. The molecule has 0 aromatic carbocycles. The average molecular weight is 341 g/mol. The Kier molecular flexibility index (Phi) is 15.4. The second kappa shape index (κ2) is 10.5. The van der Waals surface area contributed by atoms with E-state index in [-0.39, 0.29) is 35.0 Å². The van der Waals surface area contributed by atoms with Gasteiger partial charge in [0.1, 0.15) is 0 Å². The van der Waals surface area contributed by atoms with Gasteiger partial charge in [0.25, 0.3) is 0 Å². The summed E-state index contributed by atoms with van der Waals surface area (Å²) in [4.78, 5) is 4.05. The van der Waals surface area contributed by atoms with E-state index in [0.717, 1.165) is 5.69 Å². The smallest absolute Gasteiger partial charge is 0.00534 e. The zero-order chi connectivity index (χ0) is 6.53. The van der Waals surface area contributed by atoms with Gasteiger partial charge in [-0.1, -0.05) is 19.2 Å². The number of aromatic nitrogens is 1. The van der Waals surface area contributed by atoms with E-state index in [0.29, 0.717) is 0 Å². The van der Waals surface area contributed by atoms with Gasteiger partial charge in [-0.15, -0.1) is 13.0 Å². The first-order valence-corrected chi connectivity index (χ1v) is 2.85. The minimum absolute atomic E-state index is 0. The SMILES string of the molecule is C.C[C-]=Cc1ccccn1.[CH3-].[Ir]. The molecule has 2 heteroatoms. The monoisotopic (exact) mass is 342 g/mol. The van der Waals surface area contributed by atoms with Crippen molar-refractivity contribution >= 4 is 6.08 Å². The molecule has 1 heterocycles. The molecule has 12 heavy (non-hydrogen) atoms. The van der Waals surface area contributed by atoms with Gasteiger partial charge in [0.15, 0.2) is 0 Å². The maximum Gasteiger partial charge on any atom is 0.00534 e. The molecule has 1 radical (unpaired) electrons. The quantitative estimate of drug-likeness (QED) is 0.716. The first kappa shape index (κ1) is 17.6. The van der Waals surface area contributed by atoms with Crippen LogP contribution in [0.25, 0.3) is 6.08 Å². The molecule has 1 nitrogen and oxygen atoms in total. The largest absolute Gasteiger partial charge is 0.358 e. The third-order valence-electron chi connectivity index (χ3n) is 0.980. The van der Waals surface area contributed by atoms with Crippen molar-refractivity contribution in [2.24, 2.45) is 0 Å². The zero-order valence-electron chi connectivity index (χ0n) is 6.67. The summed E-state index contributed by atoms with van der Waals surface area (Å²) in [6, 6.07) is 5.79. The first-order chi connectivity index (χ1) is 4.43. The van der Waals surface area contributed by atoms with Crippen molar-refractivity contribution in [3.63, 3.8) is 0 Å². The van der Waals surface area contributed by atoms with Crippen molar-refractivity contribution in [3.05, 3.63) is 43.6 Å². The van der Waals surface area contributed by atoms with Crippen molar-refractivity contribution in [3.8, 4) is 0 Å². The predicted molar refractivity (Wildman–Crippen MR) is 50.8 cm³/mol. The molecule has 0 aliphatic heterocycles. The number of hydrogen-bond donors (Lipinski definition) is 0. The molecule has 0 aliphatic carbocycles. The van der Waals surface area contributed by atoms with Crippen LogP contribution in [0.4, 0.5) is 0 Å². The molecule has 0 atom stereocenters. The number of rotatable bonds is 1. The molecule has 1 rings (SSSR count). The van der Waals surface area contributed by atoms with Crippen molar-refractivity contribution in [2.45, 2.75) is 14.4 Å². The maximum atomic E-state index is 4.05. The molecule has 0 amide bonds. The summed E-state index contributed by atoms with van der Waals surface area (Å²) in [6.07, 6.45) is 6.51. The Bertz CT molecular complexity index is 194. The fourth-order valence-electron chi connectivity index (χ4n) is 0.609. The van der Waals surface area contributed by atoms with Gasteiger partial charge in [0.2, 0.25) is 0 Å². The minimum Gasteiger partial charge on any atom is -0.358 e. The van der Waals surface area contributed by atoms with Gasteiger partial charge in [-0.05, 0) is 6.07 Å². The molecule has 0 unspecified atom stereocenters. The van der Waals surface area contributed by atoms with E-state index in [9.17, 15) is 0 Å².